The number of aromatic nitrogens is 2. The number of likely N-dealkylation sites (tertiary alicyclic amines) is 1. The van der Waals surface area contributed by atoms with Gasteiger partial charge in [0.1, 0.15) is 0 Å². The molecule has 0 spiro atoms. The summed E-state index contributed by atoms with van der Waals surface area (Å²) in [4.78, 5) is 28.1. The van der Waals surface area contributed by atoms with E-state index in [-0.39, 0.29) is 0 Å². The Bertz CT molecular complexity index is 825. The molecule has 7 heteroatoms. The molecule has 2 aromatic rings. The van der Waals surface area contributed by atoms with E-state index < -0.39 is 5.91 Å². The number of aromatic amines is 1. The largest absolute Gasteiger partial charge is 0.371 e. The minimum atomic E-state index is -0.417. The Labute approximate surface area is 158 Å². The van der Waals surface area contributed by atoms with E-state index >= 15 is 0 Å². The van der Waals surface area contributed by atoms with Crippen LogP contribution >= 0.6 is 0 Å². The second-order valence-electron chi connectivity index (χ2n) is 7.46. The Hall–Kier alpha value is -2.83. The van der Waals surface area contributed by atoms with Gasteiger partial charge < -0.3 is 15.5 Å². The number of H-pyrrole nitrogens is 1. The third kappa shape index (κ3) is 3.67. The van der Waals surface area contributed by atoms with Gasteiger partial charge in [0.2, 0.25) is 5.91 Å². The summed E-state index contributed by atoms with van der Waals surface area (Å²) in [5.41, 5.74) is 8.95. The van der Waals surface area contributed by atoms with Gasteiger partial charge in [0.15, 0.2) is 0 Å². The SMILES string of the molecule is NC(=O)c1cc(-c2cn[nH]c2)ccc1N1CCC(CN2CCCC2=O)CC1. The molecule has 142 valence electrons. The predicted molar refractivity (Wildman–Crippen MR) is 103 cm³/mol. The van der Waals surface area contributed by atoms with Crippen LogP contribution in [0.25, 0.3) is 11.1 Å². The number of amides is 2. The number of piperidine rings is 1. The quantitative estimate of drug-likeness (QED) is 0.845. The average molecular weight is 367 g/mol. The number of primary amides is 1. The molecule has 2 amide bonds. The summed E-state index contributed by atoms with van der Waals surface area (Å²) < 4.78 is 0. The van der Waals surface area contributed by atoms with Gasteiger partial charge in [-0.25, -0.2) is 0 Å². The van der Waals surface area contributed by atoms with Crippen molar-refractivity contribution >= 4 is 17.5 Å². The summed E-state index contributed by atoms with van der Waals surface area (Å²) in [5, 5.41) is 6.75. The molecule has 2 aliphatic rings. The standard InChI is InChI=1S/C20H25N5O2/c21-20(27)17-10-15(16-11-22-23-12-16)3-4-18(17)24-8-5-14(6-9-24)13-25-7-1-2-19(25)26/h3-4,10-12,14H,1-2,5-9,13H2,(H2,21,27)(H,22,23). The Balaban J connectivity index is 1.46. The topological polar surface area (TPSA) is 95.3 Å². The molecule has 0 radical (unpaired) electrons. The molecule has 0 atom stereocenters. The zero-order chi connectivity index (χ0) is 18.8. The van der Waals surface area contributed by atoms with E-state index in [9.17, 15) is 9.59 Å². The monoisotopic (exact) mass is 367 g/mol. The second-order valence-corrected chi connectivity index (χ2v) is 7.46. The van der Waals surface area contributed by atoms with Gasteiger partial charge in [-0.15, -0.1) is 0 Å². The lowest BCUT2D eigenvalue weighted by molar-refractivity contribution is -0.128. The fourth-order valence-corrected chi connectivity index (χ4v) is 4.16. The fraction of sp³-hybridized carbons (Fsp3) is 0.450. The molecule has 0 saturated carbocycles. The zero-order valence-electron chi connectivity index (χ0n) is 15.4. The minimum absolute atomic E-state index is 0.295. The molecule has 3 N–H and O–H groups in total. The summed E-state index contributed by atoms with van der Waals surface area (Å²) in [7, 11) is 0. The van der Waals surface area contributed by atoms with Crippen molar-refractivity contribution in [1.82, 2.24) is 15.1 Å². The van der Waals surface area contributed by atoms with Crippen LogP contribution < -0.4 is 10.6 Å². The van der Waals surface area contributed by atoms with E-state index in [0.29, 0.717) is 23.8 Å². The van der Waals surface area contributed by atoms with Crippen molar-refractivity contribution in [2.75, 3.05) is 31.1 Å². The van der Waals surface area contributed by atoms with Gasteiger partial charge in [-0.2, -0.15) is 5.10 Å². The number of nitrogens with zero attached hydrogens (tertiary/aromatic N) is 3. The normalized spacial score (nSPS) is 18.3. The highest BCUT2D eigenvalue weighted by atomic mass is 16.2. The van der Waals surface area contributed by atoms with Crippen molar-refractivity contribution in [1.29, 1.82) is 0 Å². The summed E-state index contributed by atoms with van der Waals surface area (Å²) in [6.07, 6.45) is 7.25. The van der Waals surface area contributed by atoms with Crippen molar-refractivity contribution in [3.63, 3.8) is 0 Å². The molecule has 1 aromatic carbocycles. The summed E-state index contributed by atoms with van der Waals surface area (Å²) >= 11 is 0. The van der Waals surface area contributed by atoms with Crippen LogP contribution in [0.15, 0.2) is 30.6 Å². The molecular weight excluding hydrogens is 342 g/mol. The number of nitrogens with two attached hydrogens (primary N) is 1. The molecule has 1 aromatic heterocycles. The zero-order valence-corrected chi connectivity index (χ0v) is 15.4. The molecular formula is C20H25N5O2. The summed E-state index contributed by atoms with van der Waals surface area (Å²) in [6.45, 7) is 3.52. The van der Waals surface area contributed by atoms with Crippen LogP contribution in [0.2, 0.25) is 0 Å². The van der Waals surface area contributed by atoms with E-state index in [1.54, 1.807) is 12.4 Å². The number of hydrogen-bond acceptors (Lipinski definition) is 4. The van der Waals surface area contributed by atoms with Crippen molar-refractivity contribution in [3.05, 3.63) is 36.2 Å². The molecule has 2 saturated heterocycles. The molecule has 0 bridgehead atoms. The first-order chi connectivity index (χ1) is 13.1. The number of hydrogen-bond donors (Lipinski definition) is 2. The molecule has 2 aliphatic heterocycles. The Morgan fingerprint density at radius 3 is 2.67 bits per heavy atom. The van der Waals surface area contributed by atoms with Crippen LogP contribution in [0, 0.1) is 5.92 Å². The number of rotatable bonds is 5. The first kappa shape index (κ1) is 17.6. The molecule has 4 rings (SSSR count). The highest BCUT2D eigenvalue weighted by molar-refractivity contribution is 6.00. The third-order valence-corrected chi connectivity index (χ3v) is 5.70. The van der Waals surface area contributed by atoms with Gasteiger partial charge in [0.25, 0.3) is 5.91 Å². The molecule has 0 aliphatic carbocycles. The summed E-state index contributed by atoms with van der Waals surface area (Å²) in [6, 6.07) is 5.83. The lowest BCUT2D eigenvalue weighted by atomic mass is 9.94. The minimum Gasteiger partial charge on any atom is -0.371 e. The lowest BCUT2D eigenvalue weighted by Crippen LogP contribution is -2.39. The highest BCUT2D eigenvalue weighted by Gasteiger charge is 2.27. The van der Waals surface area contributed by atoms with Gasteiger partial charge in [0, 0.05) is 50.0 Å². The van der Waals surface area contributed by atoms with E-state index in [1.807, 2.05) is 23.1 Å². The maximum atomic E-state index is 12.0. The van der Waals surface area contributed by atoms with Gasteiger partial charge in [-0.1, -0.05) is 6.07 Å². The first-order valence-electron chi connectivity index (χ1n) is 9.57. The average Bonchev–Trinajstić information content (AvgIpc) is 3.34. The Morgan fingerprint density at radius 2 is 2.04 bits per heavy atom. The van der Waals surface area contributed by atoms with Crippen molar-refractivity contribution in [3.8, 4) is 11.1 Å². The van der Waals surface area contributed by atoms with Crippen LogP contribution in [0.4, 0.5) is 5.69 Å². The van der Waals surface area contributed by atoms with Crippen LogP contribution in [0.1, 0.15) is 36.0 Å². The van der Waals surface area contributed by atoms with Gasteiger partial charge >= 0.3 is 0 Å². The van der Waals surface area contributed by atoms with Crippen molar-refractivity contribution in [2.24, 2.45) is 11.7 Å². The lowest BCUT2D eigenvalue weighted by Gasteiger charge is -2.36. The Kier molecular flexibility index (Phi) is 4.83. The molecule has 2 fully saturated rings. The van der Waals surface area contributed by atoms with E-state index in [4.69, 9.17) is 5.73 Å². The highest BCUT2D eigenvalue weighted by Crippen LogP contribution is 2.30. The third-order valence-electron chi connectivity index (χ3n) is 5.70. The molecule has 7 nitrogen and oxygen atoms in total. The number of carbonyl (C=O) groups is 2. The van der Waals surface area contributed by atoms with Gasteiger partial charge in [-0.3, -0.25) is 14.7 Å². The van der Waals surface area contributed by atoms with E-state index in [0.717, 1.165) is 62.3 Å². The van der Waals surface area contributed by atoms with E-state index in [2.05, 4.69) is 15.1 Å². The summed E-state index contributed by atoms with van der Waals surface area (Å²) in [5.74, 6) is 0.411. The second kappa shape index (κ2) is 7.42. The smallest absolute Gasteiger partial charge is 0.250 e. The maximum absolute atomic E-state index is 12.0. The predicted octanol–water partition coefficient (Wildman–Crippen LogP) is 2.01. The Morgan fingerprint density at radius 1 is 1.22 bits per heavy atom. The van der Waals surface area contributed by atoms with Crippen molar-refractivity contribution < 1.29 is 9.59 Å². The number of carbonyl (C=O) groups excluding carboxylic acids is 2. The molecule has 0 unspecified atom stereocenters. The van der Waals surface area contributed by atoms with Gasteiger partial charge in [0.05, 0.1) is 11.8 Å². The fourth-order valence-electron chi connectivity index (χ4n) is 4.16. The van der Waals surface area contributed by atoms with Crippen LogP contribution in [-0.2, 0) is 4.79 Å². The van der Waals surface area contributed by atoms with Crippen LogP contribution in [0.5, 0.6) is 0 Å². The first-order valence-corrected chi connectivity index (χ1v) is 9.57. The number of anilines is 1. The molecule has 27 heavy (non-hydrogen) atoms. The van der Waals surface area contributed by atoms with Crippen LogP contribution in [-0.4, -0.2) is 53.1 Å². The van der Waals surface area contributed by atoms with Gasteiger partial charge in [-0.05, 0) is 42.9 Å². The molecule has 3 heterocycles. The van der Waals surface area contributed by atoms with Crippen molar-refractivity contribution in [2.45, 2.75) is 25.7 Å². The van der Waals surface area contributed by atoms with Crippen LogP contribution in [0.3, 0.4) is 0 Å². The number of benzene rings is 1. The van der Waals surface area contributed by atoms with E-state index in [1.165, 1.54) is 0 Å². The number of nitrogens with one attached hydrogen (secondary N) is 1. The maximum Gasteiger partial charge on any atom is 0.250 e.